The number of hydrogen-bond donors (Lipinski definition) is 0. The predicted molar refractivity (Wildman–Crippen MR) is 59.5 cm³/mol. The summed E-state index contributed by atoms with van der Waals surface area (Å²) in [5, 5.41) is 0.755. The summed E-state index contributed by atoms with van der Waals surface area (Å²) in [5.74, 6) is 0. The highest BCUT2D eigenvalue weighted by Gasteiger charge is 2.07. The predicted octanol–water partition coefficient (Wildman–Crippen LogP) is 2.02. The monoisotopic (exact) mass is 308 g/mol. The second kappa shape index (κ2) is 4.37. The minimum absolute atomic E-state index is 0.183. The average molecular weight is 310 g/mol. The molecule has 0 bridgehead atoms. The van der Waals surface area contributed by atoms with Crippen molar-refractivity contribution in [2.45, 2.75) is 20.4 Å². The number of nitrogens with zero attached hydrogens (tertiary/aromatic N) is 2. The van der Waals surface area contributed by atoms with Crippen molar-refractivity contribution < 1.29 is 0 Å². The molecule has 0 N–H and O–H groups in total. The molecule has 13 heavy (non-hydrogen) atoms. The second-order valence-corrected chi connectivity index (χ2v) is 4.31. The van der Waals surface area contributed by atoms with E-state index in [0.29, 0.717) is 6.54 Å². The van der Waals surface area contributed by atoms with Crippen LogP contribution in [0.15, 0.2) is 9.27 Å². The molecule has 0 spiro atoms. The molecule has 3 nitrogen and oxygen atoms in total. The minimum Gasteiger partial charge on any atom is -0.295 e. The van der Waals surface area contributed by atoms with E-state index in [-0.39, 0.29) is 5.69 Å². The van der Waals surface area contributed by atoms with Gasteiger partial charge in [0.2, 0.25) is 0 Å². The highest BCUT2D eigenvalue weighted by molar-refractivity contribution is 9.10. The van der Waals surface area contributed by atoms with Gasteiger partial charge in [-0.25, -0.2) is 4.79 Å². The van der Waals surface area contributed by atoms with Crippen LogP contribution in [0.1, 0.15) is 11.4 Å². The molecule has 0 atom stereocenters. The first-order valence-electron chi connectivity index (χ1n) is 3.87. The summed E-state index contributed by atoms with van der Waals surface area (Å²) in [5.41, 5.74) is 1.49. The molecule has 0 unspecified atom stereocenters. The van der Waals surface area contributed by atoms with E-state index >= 15 is 0 Å². The summed E-state index contributed by atoms with van der Waals surface area (Å²) < 4.78 is 2.55. The Balaban J connectivity index is 3.35. The van der Waals surface area contributed by atoms with Crippen LogP contribution in [0.4, 0.5) is 0 Å². The average Bonchev–Trinajstić information content (AvgIpc) is 2.09. The molecule has 0 aliphatic rings. The van der Waals surface area contributed by atoms with Crippen LogP contribution in [0.3, 0.4) is 0 Å². The first-order valence-corrected chi connectivity index (χ1v) is 5.79. The van der Waals surface area contributed by atoms with Gasteiger partial charge in [-0.3, -0.25) is 4.57 Å². The zero-order chi connectivity index (χ0) is 10.0. The van der Waals surface area contributed by atoms with Crippen molar-refractivity contribution in [1.82, 2.24) is 9.55 Å². The number of aromatic nitrogens is 2. The van der Waals surface area contributed by atoms with E-state index in [1.807, 2.05) is 13.8 Å². The van der Waals surface area contributed by atoms with Crippen LogP contribution in [0, 0.1) is 13.8 Å². The van der Waals surface area contributed by atoms with Crippen molar-refractivity contribution in [3.8, 4) is 0 Å². The standard InChI is InChI=1S/C8H10Br2N2O/c1-5-7(10)6(2)12(4-3-9)8(13)11-5/h3-4H2,1-2H3. The van der Waals surface area contributed by atoms with Crippen LogP contribution >= 0.6 is 31.9 Å². The molecule has 1 rings (SSSR count). The van der Waals surface area contributed by atoms with Crippen LogP contribution in [-0.2, 0) is 6.54 Å². The minimum atomic E-state index is -0.183. The van der Waals surface area contributed by atoms with Gasteiger partial charge in [-0.2, -0.15) is 4.98 Å². The van der Waals surface area contributed by atoms with Crippen molar-refractivity contribution in [1.29, 1.82) is 0 Å². The van der Waals surface area contributed by atoms with E-state index in [1.165, 1.54) is 0 Å². The fraction of sp³-hybridized carbons (Fsp3) is 0.500. The van der Waals surface area contributed by atoms with Crippen LogP contribution in [0.25, 0.3) is 0 Å². The van der Waals surface area contributed by atoms with Gasteiger partial charge < -0.3 is 0 Å². The van der Waals surface area contributed by atoms with Crippen LogP contribution in [0.2, 0.25) is 0 Å². The summed E-state index contributed by atoms with van der Waals surface area (Å²) >= 11 is 6.69. The Morgan fingerprint density at radius 1 is 1.46 bits per heavy atom. The first-order chi connectivity index (χ1) is 6.07. The molecule has 0 saturated heterocycles. The lowest BCUT2D eigenvalue weighted by Crippen LogP contribution is -2.26. The normalized spacial score (nSPS) is 10.5. The number of halogens is 2. The summed E-state index contributed by atoms with van der Waals surface area (Å²) in [6, 6.07) is 0. The number of rotatable bonds is 2. The van der Waals surface area contributed by atoms with Gasteiger partial charge in [-0.05, 0) is 29.8 Å². The molecule has 72 valence electrons. The van der Waals surface area contributed by atoms with Gasteiger partial charge >= 0.3 is 5.69 Å². The lowest BCUT2D eigenvalue weighted by atomic mass is 10.3. The van der Waals surface area contributed by atoms with Gasteiger partial charge in [-0.1, -0.05) is 15.9 Å². The van der Waals surface area contributed by atoms with Crippen LogP contribution < -0.4 is 5.69 Å². The summed E-state index contributed by atoms with van der Waals surface area (Å²) in [6.45, 7) is 4.37. The van der Waals surface area contributed by atoms with Crippen LogP contribution in [-0.4, -0.2) is 14.9 Å². The van der Waals surface area contributed by atoms with E-state index in [1.54, 1.807) is 4.57 Å². The quantitative estimate of drug-likeness (QED) is 0.783. The zero-order valence-corrected chi connectivity index (χ0v) is 10.6. The number of hydrogen-bond acceptors (Lipinski definition) is 2. The van der Waals surface area contributed by atoms with E-state index in [4.69, 9.17) is 0 Å². The van der Waals surface area contributed by atoms with Gasteiger partial charge in [-0.15, -0.1) is 0 Å². The summed E-state index contributed by atoms with van der Waals surface area (Å²) in [6.07, 6.45) is 0. The van der Waals surface area contributed by atoms with Gasteiger partial charge in [0, 0.05) is 17.6 Å². The van der Waals surface area contributed by atoms with Gasteiger partial charge in [0.25, 0.3) is 0 Å². The highest BCUT2D eigenvalue weighted by atomic mass is 79.9. The third kappa shape index (κ3) is 2.20. The molecule has 0 saturated carbocycles. The van der Waals surface area contributed by atoms with E-state index in [0.717, 1.165) is 21.2 Å². The lowest BCUT2D eigenvalue weighted by Gasteiger charge is -2.09. The van der Waals surface area contributed by atoms with Crippen molar-refractivity contribution in [3.63, 3.8) is 0 Å². The molecule has 0 radical (unpaired) electrons. The van der Waals surface area contributed by atoms with Gasteiger partial charge in [0.05, 0.1) is 10.2 Å². The lowest BCUT2D eigenvalue weighted by molar-refractivity contribution is 0.672. The fourth-order valence-corrected chi connectivity index (χ4v) is 1.78. The van der Waals surface area contributed by atoms with E-state index in [9.17, 15) is 4.79 Å². The maximum absolute atomic E-state index is 11.4. The molecule has 0 aliphatic heterocycles. The molecule has 0 amide bonds. The largest absolute Gasteiger partial charge is 0.348 e. The maximum Gasteiger partial charge on any atom is 0.348 e. The SMILES string of the molecule is Cc1nc(=O)n(CCBr)c(C)c1Br. The topological polar surface area (TPSA) is 34.9 Å². The molecule has 1 heterocycles. The maximum atomic E-state index is 11.4. The smallest absolute Gasteiger partial charge is 0.295 e. The van der Waals surface area contributed by atoms with Gasteiger partial charge in [0.1, 0.15) is 0 Å². The Morgan fingerprint density at radius 2 is 2.08 bits per heavy atom. The molecule has 0 aliphatic carbocycles. The Kier molecular flexibility index (Phi) is 3.67. The van der Waals surface area contributed by atoms with E-state index in [2.05, 4.69) is 36.8 Å². The van der Waals surface area contributed by atoms with Crippen molar-refractivity contribution in [3.05, 3.63) is 26.3 Å². The summed E-state index contributed by atoms with van der Waals surface area (Å²) in [4.78, 5) is 15.3. The molecule has 5 heteroatoms. The summed E-state index contributed by atoms with van der Waals surface area (Å²) in [7, 11) is 0. The Morgan fingerprint density at radius 3 is 2.62 bits per heavy atom. The molecular weight excluding hydrogens is 300 g/mol. The highest BCUT2D eigenvalue weighted by Crippen LogP contribution is 2.16. The first kappa shape index (κ1) is 10.9. The molecule has 0 fully saturated rings. The number of aryl methyl sites for hydroxylation is 1. The van der Waals surface area contributed by atoms with Crippen molar-refractivity contribution >= 4 is 31.9 Å². The third-order valence-corrected chi connectivity index (χ3v) is 3.34. The fourth-order valence-electron chi connectivity index (χ4n) is 1.12. The molecule has 1 aromatic heterocycles. The Bertz CT molecular complexity index is 373. The Hall–Kier alpha value is -0.160. The van der Waals surface area contributed by atoms with Crippen LogP contribution in [0.5, 0.6) is 0 Å². The Labute approximate surface area is 93.4 Å². The third-order valence-electron chi connectivity index (χ3n) is 1.84. The molecule has 0 aromatic carbocycles. The zero-order valence-electron chi connectivity index (χ0n) is 7.47. The molecular formula is C8H10Br2N2O. The van der Waals surface area contributed by atoms with E-state index < -0.39 is 0 Å². The number of alkyl halides is 1. The second-order valence-electron chi connectivity index (χ2n) is 2.72. The molecule has 1 aromatic rings. The van der Waals surface area contributed by atoms with Crippen molar-refractivity contribution in [2.75, 3.05) is 5.33 Å². The van der Waals surface area contributed by atoms with Gasteiger partial charge in [0.15, 0.2) is 0 Å². The van der Waals surface area contributed by atoms with Crippen molar-refractivity contribution in [2.24, 2.45) is 0 Å².